The normalized spacial score (nSPS) is 10.9. The maximum absolute atomic E-state index is 6.28. The molecule has 0 aliphatic heterocycles. The van der Waals surface area contributed by atoms with Crippen molar-refractivity contribution in [3.05, 3.63) is 53.1 Å². The first kappa shape index (κ1) is 15.4. The Morgan fingerprint density at radius 2 is 1.95 bits per heavy atom. The van der Waals surface area contributed by atoms with Crippen LogP contribution in [0.15, 0.2) is 47.5 Å². The molecule has 0 saturated carbocycles. The molecular formula is C17H19ClN2O. The molecule has 0 fully saturated rings. The summed E-state index contributed by atoms with van der Waals surface area (Å²) in [6.45, 7) is 4.95. The fourth-order valence-corrected chi connectivity index (χ4v) is 1.92. The van der Waals surface area contributed by atoms with Crippen molar-refractivity contribution in [2.24, 2.45) is 4.99 Å². The van der Waals surface area contributed by atoms with E-state index in [1.165, 1.54) is 0 Å². The molecular weight excluding hydrogens is 284 g/mol. The van der Waals surface area contributed by atoms with Gasteiger partial charge in [0.05, 0.1) is 17.0 Å². The van der Waals surface area contributed by atoms with E-state index in [9.17, 15) is 0 Å². The minimum absolute atomic E-state index is 0.576. The second-order valence-corrected chi connectivity index (χ2v) is 5.21. The van der Waals surface area contributed by atoms with E-state index in [4.69, 9.17) is 16.3 Å². The second kappa shape index (κ2) is 7.14. The number of benzene rings is 2. The van der Waals surface area contributed by atoms with Crippen LogP contribution in [0.5, 0.6) is 11.5 Å². The zero-order chi connectivity index (χ0) is 15.2. The van der Waals surface area contributed by atoms with Crippen molar-refractivity contribution in [3.63, 3.8) is 0 Å². The smallest absolute Gasteiger partial charge is 0.131 e. The molecule has 21 heavy (non-hydrogen) atoms. The van der Waals surface area contributed by atoms with E-state index >= 15 is 0 Å². The number of halogens is 1. The molecule has 0 amide bonds. The van der Waals surface area contributed by atoms with Crippen LogP contribution in [0.25, 0.3) is 0 Å². The Balaban J connectivity index is 2.23. The Morgan fingerprint density at radius 3 is 2.62 bits per heavy atom. The molecule has 0 aliphatic rings. The summed E-state index contributed by atoms with van der Waals surface area (Å²) in [5.41, 5.74) is 1.74. The van der Waals surface area contributed by atoms with E-state index in [1.54, 1.807) is 6.34 Å². The highest BCUT2D eigenvalue weighted by Gasteiger charge is 2.07. The van der Waals surface area contributed by atoms with Crippen molar-refractivity contribution < 1.29 is 4.74 Å². The van der Waals surface area contributed by atoms with Crippen molar-refractivity contribution in [2.45, 2.75) is 13.8 Å². The second-order valence-electron chi connectivity index (χ2n) is 4.80. The first-order valence-electron chi connectivity index (χ1n) is 6.87. The number of para-hydroxylation sites is 1. The van der Waals surface area contributed by atoms with Gasteiger partial charge in [-0.1, -0.05) is 29.8 Å². The summed E-state index contributed by atoms with van der Waals surface area (Å²) in [6, 6.07) is 13.4. The van der Waals surface area contributed by atoms with Gasteiger partial charge in [0.2, 0.25) is 0 Å². The lowest BCUT2D eigenvalue weighted by atomic mass is 10.2. The van der Waals surface area contributed by atoms with E-state index < -0.39 is 0 Å². The number of hydrogen-bond donors (Lipinski definition) is 0. The maximum atomic E-state index is 6.28. The molecule has 0 atom stereocenters. The van der Waals surface area contributed by atoms with Crippen LogP contribution in [0.4, 0.5) is 5.69 Å². The van der Waals surface area contributed by atoms with Crippen LogP contribution in [0.3, 0.4) is 0 Å². The topological polar surface area (TPSA) is 24.8 Å². The molecule has 2 aromatic carbocycles. The highest BCUT2D eigenvalue weighted by molar-refractivity contribution is 6.33. The van der Waals surface area contributed by atoms with Gasteiger partial charge in [-0.05, 0) is 37.6 Å². The number of aliphatic imine (C=N–C) groups is 1. The highest BCUT2D eigenvalue weighted by atomic mass is 35.5. The fraction of sp³-hybridized carbons (Fsp3) is 0.235. The van der Waals surface area contributed by atoms with Crippen LogP contribution in [0.2, 0.25) is 5.02 Å². The van der Waals surface area contributed by atoms with Gasteiger partial charge < -0.3 is 9.64 Å². The predicted octanol–water partition coefficient (Wildman–Crippen LogP) is 5.05. The van der Waals surface area contributed by atoms with Crippen molar-refractivity contribution in [2.75, 3.05) is 13.6 Å². The lowest BCUT2D eigenvalue weighted by molar-refractivity contribution is 0.479. The largest absolute Gasteiger partial charge is 0.457 e. The Morgan fingerprint density at radius 1 is 1.24 bits per heavy atom. The van der Waals surface area contributed by atoms with Gasteiger partial charge in [0, 0.05) is 19.7 Å². The average Bonchev–Trinajstić information content (AvgIpc) is 2.50. The molecule has 0 aromatic heterocycles. The number of hydrogen-bond acceptors (Lipinski definition) is 2. The van der Waals surface area contributed by atoms with Gasteiger partial charge >= 0.3 is 0 Å². The first-order chi connectivity index (χ1) is 10.1. The van der Waals surface area contributed by atoms with Gasteiger partial charge in [-0.25, -0.2) is 4.99 Å². The summed E-state index contributed by atoms with van der Waals surface area (Å²) in [7, 11) is 1.97. The Bertz CT molecular complexity index is 626. The van der Waals surface area contributed by atoms with Crippen molar-refractivity contribution in [3.8, 4) is 11.5 Å². The van der Waals surface area contributed by atoms with E-state index in [2.05, 4.69) is 11.9 Å². The number of rotatable bonds is 5. The van der Waals surface area contributed by atoms with Gasteiger partial charge in [0.15, 0.2) is 0 Å². The third-order valence-electron chi connectivity index (χ3n) is 3.11. The molecule has 2 rings (SSSR count). The third kappa shape index (κ3) is 4.23. The van der Waals surface area contributed by atoms with Crippen molar-refractivity contribution in [1.82, 2.24) is 4.90 Å². The summed E-state index contributed by atoms with van der Waals surface area (Å²) in [4.78, 5) is 6.39. The molecule has 0 saturated heterocycles. The van der Waals surface area contributed by atoms with E-state index in [0.717, 1.165) is 29.3 Å². The quantitative estimate of drug-likeness (QED) is 0.570. The maximum Gasteiger partial charge on any atom is 0.131 e. The van der Waals surface area contributed by atoms with E-state index in [-0.39, 0.29) is 0 Å². The molecule has 110 valence electrons. The molecule has 0 aliphatic carbocycles. The van der Waals surface area contributed by atoms with Gasteiger partial charge in [-0.2, -0.15) is 0 Å². The minimum atomic E-state index is 0.576. The van der Waals surface area contributed by atoms with E-state index in [0.29, 0.717) is 5.02 Å². The molecule has 4 heteroatoms. The lowest BCUT2D eigenvalue weighted by Gasteiger charge is -2.12. The molecule has 0 bridgehead atoms. The summed E-state index contributed by atoms with van der Waals surface area (Å²) in [5, 5.41) is 0.576. The molecule has 2 aromatic rings. The van der Waals surface area contributed by atoms with Gasteiger partial charge in [-0.3, -0.25) is 0 Å². The summed E-state index contributed by atoms with van der Waals surface area (Å²) in [6.07, 6.45) is 1.78. The van der Waals surface area contributed by atoms with Crippen LogP contribution in [0.1, 0.15) is 12.5 Å². The highest BCUT2D eigenvalue weighted by Crippen LogP contribution is 2.34. The van der Waals surface area contributed by atoms with Gasteiger partial charge in [0.25, 0.3) is 0 Å². The van der Waals surface area contributed by atoms with Crippen molar-refractivity contribution in [1.29, 1.82) is 0 Å². The summed E-state index contributed by atoms with van der Waals surface area (Å²) < 4.78 is 5.84. The molecule has 0 N–H and O–H groups in total. The molecule has 3 nitrogen and oxygen atoms in total. The Labute approximate surface area is 130 Å². The van der Waals surface area contributed by atoms with Crippen LogP contribution >= 0.6 is 11.6 Å². The fourth-order valence-electron chi connectivity index (χ4n) is 1.71. The molecule has 0 heterocycles. The van der Waals surface area contributed by atoms with Gasteiger partial charge in [-0.15, -0.1) is 0 Å². The Hall–Kier alpha value is -2.00. The SMILES string of the molecule is CCN(C)/C=N/c1cc(C)c(Oc2ccccc2)cc1Cl. The first-order valence-corrected chi connectivity index (χ1v) is 7.25. The summed E-state index contributed by atoms with van der Waals surface area (Å²) in [5.74, 6) is 1.53. The van der Waals surface area contributed by atoms with Gasteiger partial charge in [0.1, 0.15) is 11.5 Å². The van der Waals surface area contributed by atoms with Crippen LogP contribution < -0.4 is 4.74 Å². The zero-order valence-electron chi connectivity index (χ0n) is 12.5. The summed E-state index contributed by atoms with van der Waals surface area (Å²) >= 11 is 6.28. The number of nitrogens with zero attached hydrogens (tertiary/aromatic N) is 2. The van der Waals surface area contributed by atoms with E-state index in [1.807, 2.05) is 61.3 Å². The number of ether oxygens (including phenoxy) is 1. The number of aryl methyl sites for hydroxylation is 1. The molecule has 0 radical (unpaired) electrons. The van der Waals surface area contributed by atoms with Crippen LogP contribution in [-0.2, 0) is 0 Å². The standard InChI is InChI=1S/C17H19ClN2O/c1-4-20(3)12-19-16-10-13(2)17(11-15(16)18)21-14-8-6-5-7-9-14/h5-12H,4H2,1-3H3/b19-12+. The Kier molecular flexibility index (Phi) is 5.23. The minimum Gasteiger partial charge on any atom is -0.457 e. The lowest BCUT2D eigenvalue weighted by Crippen LogP contribution is -2.14. The zero-order valence-corrected chi connectivity index (χ0v) is 13.3. The monoisotopic (exact) mass is 302 g/mol. The molecule has 0 spiro atoms. The van der Waals surface area contributed by atoms with Crippen LogP contribution in [-0.4, -0.2) is 24.8 Å². The van der Waals surface area contributed by atoms with Crippen LogP contribution in [0, 0.1) is 6.92 Å². The molecule has 0 unspecified atom stereocenters. The third-order valence-corrected chi connectivity index (χ3v) is 3.41. The van der Waals surface area contributed by atoms with Crippen molar-refractivity contribution >= 4 is 23.6 Å². The predicted molar refractivity (Wildman–Crippen MR) is 89.2 cm³/mol. The average molecular weight is 303 g/mol.